The average Bonchev–Trinajstić information content (AvgIpc) is 2.38. The summed E-state index contributed by atoms with van der Waals surface area (Å²) in [6.07, 6.45) is -0.253. The molecule has 5 nitrogen and oxygen atoms in total. The number of carbonyl (C=O) groups excluding carboxylic acids is 1. The van der Waals surface area contributed by atoms with E-state index >= 15 is 0 Å². The Balaban J connectivity index is 2.66. The molecule has 0 aliphatic carbocycles. The lowest BCUT2D eigenvalue weighted by Gasteiger charge is -2.23. The van der Waals surface area contributed by atoms with Gasteiger partial charge in [-0.05, 0) is 26.8 Å². The Morgan fingerprint density at radius 3 is 2.45 bits per heavy atom. The first kappa shape index (κ1) is 16.3. The minimum Gasteiger partial charge on any atom is -0.496 e. The highest BCUT2D eigenvalue weighted by atomic mass is 16.5. The SMILES string of the molecule is COc1ccccc1[C@@H](CNC(=O)NC(C)(C)C)OC. The lowest BCUT2D eigenvalue weighted by atomic mass is 10.1. The van der Waals surface area contributed by atoms with Crippen LogP contribution in [0.2, 0.25) is 0 Å². The van der Waals surface area contributed by atoms with Crippen molar-refractivity contribution < 1.29 is 14.3 Å². The fourth-order valence-corrected chi connectivity index (χ4v) is 1.82. The first-order valence-corrected chi connectivity index (χ1v) is 6.59. The summed E-state index contributed by atoms with van der Waals surface area (Å²) in [5, 5.41) is 5.65. The van der Waals surface area contributed by atoms with E-state index in [1.54, 1.807) is 14.2 Å². The molecule has 0 spiro atoms. The van der Waals surface area contributed by atoms with Crippen LogP contribution in [0, 0.1) is 0 Å². The number of para-hydroxylation sites is 1. The van der Waals surface area contributed by atoms with Crippen LogP contribution in [-0.4, -0.2) is 32.3 Å². The number of rotatable bonds is 5. The molecule has 0 heterocycles. The number of hydrogen-bond donors (Lipinski definition) is 2. The van der Waals surface area contributed by atoms with E-state index in [1.165, 1.54) is 0 Å². The van der Waals surface area contributed by atoms with E-state index in [-0.39, 0.29) is 17.7 Å². The van der Waals surface area contributed by atoms with E-state index in [4.69, 9.17) is 9.47 Å². The zero-order chi connectivity index (χ0) is 15.2. The third-order valence-electron chi connectivity index (χ3n) is 2.71. The standard InChI is InChI=1S/C15H24N2O3/c1-15(2,3)17-14(18)16-10-13(20-5)11-8-6-7-9-12(11)19-4/h6-9,13H,10H2,1-5H3,(H2,16,17,18)/t13-/m1/s1. The number of amides is 2. The lowest BCUT2D eigenvalue weighted by molar-refractivity contribution is 0.101. The molecule has 0 aliphatic heterocycles. The van der Waals surface area contributed by atoms with Crippen molar-refractivity contribution in [3.05, 3.63) is 29.8 Å². The summed E-state index contributed by atoms with van der Waals surface area (Å²) in [5.41, 5.74) is 0.644. The third kappa shape index (κ3) is 5.09. The molecule has 0 bridgehead atoms. The predicted octanol–water partition coefficient (Wildman–Crippen LogP) is 2.48. The molecule has 1 aromatic carbocycles. The van der Waals surface area contributed by atoms with Crippen LogP contribution in [0.3, 0.4) is 0 Å². The van der Waals surface area contributed by atoms with Crippen molar-refractivity contribution in [2.45, 2.75) is 32.4 Å². The van der Waals surface area contributed by atoms with E-state index in [2.05, 4.69) is 10.6 Å². The van der Waals surface area contributed by atoms with Gasteiger partial charge in [0.2, 0.25) is 0 Å². The monoisotopic (exact) mass is 280 g/mol. The zero-order valence-corrected chi connectivity index (χ0v) is 12.8. The first-order chi connectivity index (χ1) is 9.37. The van der Waals surface area contributed by atoms with Crippen molar-refractivity contribution in [1.29, 1.82) is 0 Å². The Hall–Kier alpha value is -1.75. The van der Waals surface area contributed by atoms with E-state index in [1.807, 2.05) is 45.0 Å². The van der Waals surface area contributed by atoms with Crippen molar-refractivity contribution in [2.75, 3.05) is 20.8 Å². The van der Waals surface area contributed by atoms with Gasteiger partial charge in [-0.15, -0.1) is 0 Å². The number of carbonyl (C=O) groups is 1. The molecule has 1 atom stereocenters. The molecule has 2 N–H and O–H groups in total. The second-order valence-corrected chi connectivity index (χ2v) is 5.55. The van der Waals surface area contributed by atoms with Crippen LogP contribution in [-0.2, 0) is 4.74 Å². The minimum atomic E-state index is -0.267. The minimum absolute atomic E-state index is 0.213. The second-order valence-electron chi connectivity index (χ2n) is 5.55. The molecule has 2 amide bonds. The summed E-state index contributed by atoms with van der Waals surface area (Å²) in [5.74, 6) is 0.748. The van der Waals surface area contributed by atoms with E-state index in [9.17, 15) is 4.79 Å². The van der Waals surface area contributed by atoms with Gasteiger partial charge in [0.1, 0.15) is 11.9 Å². The maximum absolute atomic E-state index is 11.8. The van der Waals surface area contributed by atoms with Gasteiger partial charge >= 0.3 is 6.03 Å². The van der Waals surface area contributed by atoms with E-state index in [0.29, 0.717) is 6.54 Å². The fourth-order valence-electron chi connectivity index (χ4n) is 1.82. The molecule has 1 aromatic rings. The average molecular weight is 280 g/mol. The summed E-state index contributed by atoms with van der Waals surface area (Å²) in [6, 6.07) is 7.40. The molecular weight excluding hydrogens is 256 g/mol. The lowest BCUT2D eigenvalue weighted by Crippen LogP contribution is -2.47. The molecular formula is C15H24N2O3. The van der Waals surface area contributed by atoms with Crippen molar-refractivity contribution in [2.24, 2.45) is 0 Å². The van der Waals surface area contributed by atoms with Gasteiger partial charge in [-0.25, -0.2) is 4.79 Å². The summed E-state index contributed by atoms with van der Waals surface area (Å²) >= 11 is 0. The molecule has 0 radical (unpaired) electrons. The molecule has 0 fully saturated rings. The number of hydrogen-bond acceptors (Lipinski definition) is 3. The summed E-state index contributed by atoms with van der Waals surface area (Å²) in [4.78, 5) is 11.8. The largest absolute Gasteiger partial charge is 0.496 e. The number of methoxy groups -OCH3 is 2. The van der Waals surface area contributed by atoms with Gasteiger partial charge in [0.05, 0.1) is 7.11 Å². The zero-order valence-electron chi connectivity index (χ0n) is 12.8. The van der Waals surface area contributed by atoms with Gasteiger partial charge in [-0.2, -0.15) is 0 Å². The first-order valence-electron chi connectivity index (χ1n) is 6.59. The molecule has 0 aromatic heterocycles. The summed E-state index contributed by atoms with van der Waals surface area (Å²) < 4.78 is 10.7. The fraction of sp³-hybridized carbons (Fsp3) is 0.533. The predicted molar refractivity (Wildman–Crippen MR) is 79.0 cm³/mol. The van der Waals surface area contributed by atoms with Crippen LogP contribution < -0.4 is 15.4 Å². The van der Waals surface area contributed by atoms with Crippen LogP contribution in [0.4, 0.5) is 4.79 Å². The number of urea groups is 1. The van der Waals surface area contributed by atoms with Gasteiger partial charge < -0.3 is 20.1 Å². The number of ether oxygens (including phenoxy) is 2. The molecule has 1 rings (SSSR count). The molecule has 0 saturated carbocycles. The molecule has 0 aliphatic rings. The van der Waals surface area contributed by atoms with Crippen molar-refractivity contribution >= 4 is 6.03 Å². The normalized spacial score (nSPS) is 12.7. The van der Waals surface area contributed by atoms with Crippen molar-refractivity contribution in [3.63, 3.8) is 0 Å². The highest BCUT2D eigenvalue weighted by Crippen LogP contribution is 2.26. The van der Waals surface area contributed by atoms with Crippen LogP contribution in [0.15, 0.2) is 24.3 Å². The molecule has 0 unspecified atom stereocenters. The van der Waals surface area contributed by atoms with E-state index in [0.717, 1.165) is 11.3 Å². The highest BCUT2D eigenvalue weighted by Gasteiger charge is 2.18. The van der Waals surface area contributed by atoms with Gasteiger partial charge in [0.25, 0.3) is 0 Å². The van der Waals surface area contributed by atoms with Crippen LogP contribution in [0.1, 0.15) is 32.4 Å². The Bertz CT molecular complexity index is 441. The van der Waals surface area contributed by atoms with Gasteiger partial charge in [0.15, 0.2) is 0 Å². The second kappa shape index (κ2) is 7.14. The molecule has 5 heteroatoms. The number of nitrogens with one attached hydrogen (secondary N) is 2. The van der Waals surface area contributed by atoms with Crippen LogP contribution in [0.25, 0.3) is 0 Å². The Morgan fingerprint density at radius 2 is 1.90 bits per heavy atom. The maximum atomic E-state index is 11.8. The summed E-state index contributed by atoms with van der Waals surface area (Å²) in [7, 11) is 3.23. The Kier molecular flexibility index (Phi) is 5.82. The van der Waals surface area contributed by atoms with Crippen LogP contribution in [0.5, 0.6) is 5.75 Å². The Labute approximate surface area is 120 Å². The van der Waals surface area contributed by atoms with Crippen molar-refractivity contribution in [3.8, 4) is 5.75 Å². The molecule has 20 heavy (non-hydrogen) atoms. The third-order valence-corrected chi connectivity index (χ3v) is 2.71. The Morgan fingerprint density at radius 1 is 1.25 bits per heavy atom. The summed E-state index contributed by atoms with van der Waals surface area (Å²) in [6.45, 7) is 6.17. The quantitative estimate of drug-likeness (QED) is 0.871. The van der Waals surface area contributed by atoms with Gasteiger partial charge in [-0.3, -0.25) is 0 Å². The highest BCUT2D eigenvalue weighted by molar-refractivity contribution is 5.74. The molecule has 112 valence electrons. The van der Waals surface area contributed by atoms with Crippen molar-refractivity contribution in [1.82, 2.24) is 10.6 Å². The molecule has 0 saturated heterocycles. The smallest absolute Gasteiger partial charge is 0.315 e. The topological polar surface area (TPSA) is 59.6 Å². The van der Waals surface area contributed by atoms with E-state index < -0.39 is 0 Å². The van der Waals surface area contributed by atoms with Crippen LogP contribution >= 0.6 is 0 Å². The van der Waals surface area contributed by atoms with Gasteiger partial charge in [0, 0.05) is 24.8 Å². The van der Waals surface area contributed by atoms with Gasteiger partial charge in [-0.1, -0.05) is 18.2 Å². The maximum Gasteiger partial charge on any atom is 0.315 e. The number of benzene rings is 1.